The first-order chi connectivity index (χ1) is 14.1. The van der Waals surface area contributed by atoms with Crippen molar-refractivity contribution in [2.45, 2.75) is 13.5 Å². The topological polar surface area (TPSA) is 59.4 Å². The lowest BCUT2D eigenvalue weighted by molar-refractivity contribution is 0.0699. The number of carboxylic acids is 1. The van der Waals surface area contributed by atoms with E-state index in [0.29, 0.717) is 23.2 Å². The maximum Gasteiger partial charge on any atom is 0.336 e. The molecule has 0 amide bonds. The minimum atomic E-state index is -0.950. The lowest BCUT2D eigenvalue weighted by Gasteiger charge is -2.11. The molecule has 29 heavy (non-hydrogen) atoms. The van der Waals surface area contributed by atoms with Gasteiger partial charge in [-0.05, 0) is 41.8 Å². The molecular weight excluding hydrogens is 362 g/mol. The minimum absolute atomic E-state index is 0.267. The third kappa shape index (κ3) is 3.75. The highest BCUT2D eigenvalue weighted by atomic mass is 16.5. The lowest BCUT2D eigenvalue weighted by Crippen LogP contribution is -2.00. The summed E-state index contributed by atoms with van der Waals surface area (Å²) in [5.41, 5.74) is 6.80. The Morgan fingerprint density at radius 2 is 1.69 bits per heavy atom. The number of benzene rings is 3. The van der Waals surface area contributed by atoms with Crippen LogP contribution in [0.3, 0.4) is 0 Å². The molecule has 0 saturated carbocycles. The van der Waals surface area contributed by atoms with E-state index >= 15 is 0 Å². The molecule has 3 aromatic carbocycles. The molecular formula is C25H21NO3. The van der Waals surface area contributed by atoms with E-state index in [1.54, 1.807) is 13.2 Å². The molecule has 4 nitrogen and oxygen atoms in total. The van der Waals surface area contributed by atoms with E-state index < -0.39 is 5.97 Å². The van der Waals surface area contributed by atoms with Crippen molar-refractivity contribution in [2.24, 2.45) is 0 Å². The lowest BCUT2D eigenvalue weighted by atomic mass is 9.97. The molecule has 4 heteroatoms. The van der Waals surface area contributed by atoms with Gasteiger partial charge in [0, 0.05) is 18.1 Å². The highest BCUT2D eigenvalue weighted by Gasteiger charge is 2.13. The Morgan fingerprint density at radius 1 is 0.966 bits per heavy atom. The van der Waals surface area contributed by atoms with Crippen LogP contribution in [0.2, 0.25) is 0 Å². The maximum atomic E-state index is 11.8. The predicted molar refractivity (Wildman–Crippen MR) is 115 cm³/mol. The molecule has 0 atom stereocenters. The number of rotatable bonds is 5. The van der Waals surface area contributed by atoms with Gasteiger partial charge in [0.2, 0.25) is 0 Å². The zero-order chi connectivity index (χ0) is 20.4. The Kier molecular flexibility index (Phi) is 5.10. The largest absolute Gasteiger partial charge is 0.478 e. The number of hydrogen-bond acceptors (Lipinski definition) is 3. The Labute approximate surface area is 169 Å². The number of carbonyl (C=O) groups is 1. The van der Waals surface area contributed by atoms with E-state index in [2.05, 4.69) is 12.1 Å². The number of pyridine rings is 1. The minimum Gasteiger partial charge on any atom is -0.478 e. The van der Waals surface area contributed by atoms with Crippen molar-refractivity contribution < 1.29 is 14.6 Å². The molecule has 4 rings (SSSR count). The normalized spacial score (nSPS) is 11.0. The Morgan fingerprint density at radius 3 is 2.41 bits per heavy atom. The standard InChI is InChI=1S/C25H21NO3/c1-16-7-12-23-21(13-16)22(25(27)28)14-24(26-23)18-10-8-17(9-11-18)20-6-4-3-5-19(20)15-29-2/h3-14H,15H2,1-2H3,(H,27,28). The zero-order valence-corrected chi connectivity index (χ0v) is 16.3. The number of fused-ring (bicyclic) bond motifs is 1. The van der Waals surface area contributed by atoms with Gasteiger partial charge in [-0.25, -0.2) is 9.78 Å². The zero-order valence-electron chi connectivity index (χ0n) is 16.3. The van der Waals surface area contributed by atoms with Crippen LogP contribution in [-0.2, 0) is 11.3 Å². The van der Waals surface area contributed by atoms with Crippen molar-refractivity contribution in [3.63, 3.8) is 0 Å². The molecule has 0 saturated heterocycles. The van der Waals surface area contributed by atoms with E-state index in [1.807, 2.05) is 61.5 Å². The highest BCUT2D eigenvalue weighted by molar-refractivity contribution is 6.04. The number of ether oxygens (including phenoxy) is 1. The molecule has 0 fully saturated rings. The molecule has 0 aliphatic rings. The van der Waals surface area contributed by atoms with Crippen LogP contribution in [0.4, 0.5) is 0 Å². The second-order valence-electron chi connectivity index (χ2n) is 7.05. The number of aromatic carboxylic acids is 1. The van der Waals surface area contributed by atoms with Crippen molar-refractivity contribution >= 4 is 16.9 Å². The van der Waals surface area contributed by atoms with Crippen LogP contribution in [0, 0.1) is 6.92 Å². The predicted octanol–water partition coefficient (Wildman–Crippen LogP) is 5.72. The van der Waals surface area contributed by atoms with Crippen LogP contribution in [0.15, 0.2) is 72.8 Å². The van der Waals surface area contributed by atoms with Crippen molar-refractivity contribution in [3.05, 3.63) is 89.5 Å². The SMILES string of the molecule is COCc1ccccc1-c1ccc(-c2cc(C(=O)O)c3cc(C)ccc3n2)cc1. The summed E-state index contributed by atoms with van der Waals surface area (Å²) in [6.07, 6.45) is 0. The van der Waals surface area contributed by atoms with Gasteiger partial charge in [-0.1, -0.05) is 60.2 Å². The summed E-state index contributed by atoms with van der Waals surface area (Å²) < 4.78 is 5.30. The molecule has 0 aliphatic carbocycles. The van der Waals surface area contributed by atoms with Crippen molar-refractivity contribution in [2.75, 3.05) is 7.11 Å². The van der Waals surface area contributed by atoms with E-state index in [1.165, 1.54) is 0 Å². The fourth-order valence-corrected chi connectivity index (χ4v) is 3.57. The van der Waals surface area contributed by atoms with Crippen molar-refractivity contribution in [3.8, 4) is 22.4 Å². The highest BCUT2D eigenvalue weighted by Crippen LogP contribution is 2.29. The molecule has 1 aromatic heterocycles. The third-order valence-corrected chi connectivity index (χ3v) is 5.00. The van der Waals surface area contributed by atoms with Gasteiger partial charge in [0.15, 0.2) is 0 Å². The van der Waals surface area contributed by atoms with Crippen molar-refractivity contribution in [1.82, 2.24) is 4.98 Å². The average Bonchev–Trinajstić information content (AvgIpc) is 2.74. The fourth-order valence-electron chi connectivity index (χ4n) is 3.57. The summed E-state index contributed by atoms with van der Waals surface area (Å²) in [4.78, 5) is 16.5. The second-order valence-corrected chi connectivity index (χ2v) is 7.05. The van der Waals surface area contributed by atoms with Gasteiger partial charge in [0.1, 0.15) is 0 Å². The van der Waals surface area contributed by atoms with Gasteiger partial charge in [-0.2, -0.15) is 0 Å². The smallest absolute Gasteiger partial charge is 0.336 e. The van der Waals surface area contributed by atoms with Crippen LogP contribution >= 0.6 is 0 Å². The molecule has 1 heterocycles. The summed E-state index contributed by atoms with van der Waals surface area (Å²) in [5, 5.41) is 10.3. The van der Waals surface area contributed by atoms with Crippen LogP contribution in [0.1, 0.15) is 21.5 Å². The molecule has 4 aromatic rings. The summed E-state index contributed by atoms with van der Waals surface area (Å²) in [6.45, 7) is 2.49. The summed E-state index contributed by atoms with van der Waals surface area (Å²) in [5.74, 6) is -0.950. The van der Waals surface area contributed by atoms with Crippen LogP contribution < -0.4 is 0 Å². The fraction of sp³-hybridized carbons (Fsp3) is 0.120. The molecule has 0 radical (unpaired) electrons. The average molecular weight is 383 g/mol. The van der Waals surface area contributed by atoms with E-state index in [9.17, 15) is 9.90 Å². The van der Waals surface area contributed by atoms with Crippen LogP contribution in [0.25, 0.3) is 33.3 Å². The maximum absolute atomic E-state index is 11.8. The van der Waals surface area contributed by atoms with Gasteiger partial charge in [0.05, 0.1) is 23.4 Å². The molecule has 0 spiro atoms. The Bertz CT molecular complexity index is 1200. The number of nitrogens with zero attached hydrogens (tertiary/aromatic N) is 1. The number of aromatic nitrogens is 1. The monoisotopic (exact) mass is 383 g/mol. The Balaban J connectivity index is 1.78. The van der Waals surface area contributed by atoms with Crippen molar-refractivity contribution in [1.29, 1.82) is 0 Å². The molecule has 144 valence electrons. The summed E-state index contributed by atoms with van der Waals surface area (Å²) in [6, 6.07) is 23.5. The van der Waals surface area contributed by atoms with Gasteiger partial charge < -0.3 is 9.84 Å². The van der Waals surface area contributed by atoms with E-state index in [0.717, 1.165) is 27.8 Å². The number of methoxy groups -OCH3 is 1. The molecule has 0 aliphatic heterocycles. The molecule has 0 bridgehead atoms. The first kappa shape index (κ1) is 18.8. The van der Waals surface area contributed by atoms with Gasteiger partial charge in [0.25, 0.3) is 0 Å². The first-order valence-corrected chi connectivity index (χ1v) is 9.39. The molecule has 1 N–H and O–H groups in total. The summed E-state index contributed by atoms with van der Waals surface area (Å²) >= 11 is 0. The Hall–Kier alpha value is -3.50. The van der Waals surface area contributed by atoms with Gasteiger partial charge >= 0.3 is 5.97 Å². The van der Waals surface area contributed by atoms with E-state index in [-0.39, 0.29) is 5.56 Å². The quantitative estimate of drug-likeness (QED) is 0.479. The third-order valence-electron chi connectivity index (χ3n) is 5.00. The molecule has 0 unspecified atom stereocenters. The van der Waals surface area contributed by atoms with Gasteiger partial charge in [-0.15, -0.1) is 0 Å². The number of hydrogen-bond donors (Lipinski definition) is 1. The summed E-state index contributed by atoms with van der Waals surface area (Å²) in [7, 11) is 1.69. The van der Waals surface area contributed by atoms with Crippen LogP contribution in [-0.4, -0.2) is 23.2 Å². The number of carboxylic acid groups (broad SMARTS) is 1. The van der Waals surface area contributed by atoms with E-state index in [4.69, 9.17) is 9.72 Å². The first-order valence-electron chi connectivity index (χ1n) is 9.39. The van der Waals surface area contributed by atoms with Gasteiger partial charge in [-0.3, -0.25) is 0 Å². The number of aryl methyl sites for hydroxylation is 1. The van der Waals surface area contributed by atoms with Crippen LogP contribution in [0.5, 0.6) is 0 Å². The second kappa shape index (κ2) is 7.86.